The summed E-state index contributed by atoms with van der Waals surface area (Å²) in [5, 5.41) is 11.2. The van der Waals surface area contributed by atoms with Crippen LogP contribution in [0.4, 0.5) is 5.69 Å². The van der Waals surface area contributed by atoms with E-state index in [9.17, 15) is 4.79 Å². The molecule has 0 fully saturated rings. The second kappa shape index (κ2) is 8.46. The van der Waals surface area contributed by atoms with E-state index in [2.05, 4.69) is 15.5 Å². The van der Waals surface area contributed by atoms with Gasteiger partial charge in [0.05, 0.1) is 6.26 Å². The number of carbonyl (C=O) groups excluding carboxylic acids is 1. The van der Waals surface area contributed by atoms with E-state index in [0.717, 1.165) is 22.4 Å². The van der Waals surface area contributed by atoms with Crippen LogP contribution in [0, 0.1) is 13.8 Å². The zero-order valence-electron chi connectivity index (χ0n) is 16.6. The first kappa shape index (κ1) is 19.8. The fraction of sp³-hybridized carbons (Fsp3) is 0.136. The molecule has 0 radical (unpaired) electrons. The Morgan fingerprint density at radius 3 is 2.63 bits per heavy atom. The highest BCUT2D eigenvalue weighted by molar-refractivity contribution is 8.00. The fourth-order valence-electron chi connectivity index (χ4n) is 3.01. The number of hydrogen-bond acceptors (Lipinski definition) is 6. The number of aromatic nitrogens is 3. The highest BCUT2D eigenvalue weighted by Crippen LogP contribution is 2.36. The van der Waals surface area contributed by atoms with E-state index in [1.165, 1.54) is 16.4 Å². The molecule has 0 aliphatic carbocycles. The first-order valence-electron chi connectivity index (χ1n) is 9.37. The summed E-state index contributed by atoms with van der Waals surface area (Å²) >= 11 is 1.23. The summed E-state index contributed by atoms with van der Waals surface area (Å²) in [5.74, 6) is 6.93. The minimum Gasteiger partial charge on any atom is -0.461 e. The molecule has 1 amide bonds. The van der Waals surface area contributed by atoms with E-state index >= 15 is 0 Å². The maximum absolute atomic E-state index is 13.3. The van der Waals surface area contributed by atoms with Crippen LogP contribution < -0.4 is 11.2 Å². The quantitative estimate of drug-likeness (QED) is 0.356. The van der Waals surface area contributed by atoms with Crippen LogP contribution in [-0.2, 0) is 4.79 Å². The second-order valence-corrected chi connectivity index (χ2v) is 7.94. The van der Waals surface area contributed by atoms with Gasteiger partial charge in [0.1, 0.15) is 5.25 Å². The molecule has 3 N–H and O–H groups in total. The maximum atomic E-state index is 13.3. The van der Waals surface area contributed by atoms with Gasteiger partial charge in [0.25, 0.3) is 0 Å². The number of nitrogens with one attached hydrogen (secondary N) is 1. The lowest BCUT2D eigenvalue weighted by Crippen LogP contribution is -2.21. The van der Waals surface area contributed by atoms with Crippen LogP contribution in [0.15, 0.2) is 76.5 Å². The molecular formula is C22H21N5O2S. The Bertz CT molecular complexity index is 1160. The van der Waals surface area contributed by atoms with Gasteiger partial charge in [-0.3, -0.25) is 4.79 Å². The number of nitrogen functional groups attached to an aromatic ring is 1. The standard InChI is InChI=1S/C22H21N5O2S/c1-14-10-11-15(2)17(13-14)24-21(28)19(16-7-4-3-5-8-16)30-22-26-25-20(27(22)23)18-9-6-12-29-18/h3-13,19H,23H2,1-2H3,(H,24,28)/t19-/m1/s1. The van der Waals surface area contributed by atoms with Gasteiger partial charge in [-0.25, -0.2) is 4.68 Å². The lowest BCUT2D eigenvalue weighted by atomic mass is 10.1. The normalized spacial score (nSPS) is 11.9. The fourth-order valence-corrected chi connectivity index (χ4v) is 3.96. The summed E-state index contributed by atoms with van der Waals surface area (Å²) in [6.45, 7) is 3.96. The topological polar surface area (TPSA) is 99.0 Å². The Morgan fingerprint density at radius 1 is 1.10 bits per heavy atom. The van der Waals surface area contributed by atoms with Crippen LogP contribution in [0.3, 0.4) is 0 Å². The zero-order valence-corrected chi connectivity index (χ0v) is 17.4. The summed E-state index contributed by atoms with van der Waals surface area (Å²) in [6, 6.07) is 19.0. The smallest absolute Gasteiger partial charge is 0.242 e. The molecule has 1 atom stereocenters. The third kappa shape index (κ3) is 4.08. The van der Waals surface area contributed by atoms with Crippen molar-refractivity contribution < 1.29 is 9.21 Å². The molecule has 8 heteroatoms. The number of amides is 1. The van der Waals surface area contributed by atoms with Crippen molar-refractivity contribution in [2.24, 2.45) is 0 Å². The maximum Gasteiger partial charge on any atom is 0.242 e. The number of benzene rings is 2. The molecule has 4 rings (SSSR count). The Hall–Kier alpha value is -3.52. The van der Waals surface area contributed by atoms with Gasteiger partial charge in [0.2, 0.25) is 16.9 Å². The molecule has 2 heterocycles. The van der Waals surface area contributed by atoms with Gasteiger partial charge < -0.3 is 15.6 Å². The predicted octanol–water partition coefficient (Wildman–Crippen LogP) is 4.34. The Labute approximate surface area is 178 Å². The first-order chi connectivity index (χ1) is 14.5. The van der Waals surface area contributed by atoms with E-state index < -0.39 is 5.25 Å². The van der Waals surface area contributed by atoms with E-state index in [-0.39, 0.29) is 5.91 Å². The van der Waals surface area contributed by atoms with Crippen molar-refractivity contribution in [3.05, 3.63) is 83.6 Å². The highest BCUT2D eigenvalue weighted by Gasteiger charge is 2.26. The Morgan fingerprint density at radius 2 is 1.90 bits per heavy atom. The van der Waals surface area contributed by atoms with Gasteiger partial charge in [-0.2, -0.15) is 0 Å². The zero-order chi connectivity index (χ0) is 21.1. The van der Waals surface area contributed by atoms with Crippen molar-refractivity contribution in [2.75, 3.05) is 11.2 Å². The van der Waals surface area contributed by atoms with Crippen molar-refractivity contribution in [3.63, 3.8) is 0 Å². The van der Waals surface area contributed by atoms with Gasteiger partial charge in [-0.05, 0) is 48.7 Å². The molecule has 0 bridgehead atoms. The molecule has 0 aliphatic heterocycles. The van der Waals surface area contributed by atoms with Crippen LogP contribution >= 0.6 is 11.8 Å². The number of hydrogen-bond donors (Lipinski definition) is 2. The van der Waals surface area contributed by atoms with Crippen LogP contribution in [0.2, 0.25) is 0 Å². The van der Waals surface area contributed by atoms with Crippen molar-refractivity contribution >= 4 is 23.4 Å². The molecule has 0 saturated heterocycles. The SMILES string of the molecule is Cc1ccc(C)c(NC(=O)[C@H](Sc2nnc(-c3ccco3)n2N)c2ccccc2)c1. The van der Waals surface area contributed by atoms with Crippen LogP contribution in [-0.4, -0.2) is 20.8 Å². The number of thioether (sulfide) groups is 1. The molecule has 0 saturated carbocycles. The average molecular weight is 420 g/mol. The molecule has 0 spiro atoms. The van der Waals surface area contributed by atoms with Gasteiger partial charge >= 0.3 is 0 Å². The summed E-state index contributed by atoms with van der Waals surface area (Å²) in [4.78, 5) is 13.3. The van der Waals surface area contributed by atoms with Gasteiger partial charge in [-0.15, -0.1) is 10.2 Å². The monoisotopic (exact) mass is 419 g/mol. The van der Waals surface area contributed by atoms with E-state index in [1.807, 2.05) is 62.4 Å². The largest absolute Gasteiger partial charge is 0.461 e. The minimum absolute atomic E-state index is 0.164. The molecule has 2 aromatic heterocycles. The average Bonchev–Trinajstić information content (AvgIpc) is 3.39. The van der Waals surface area contributed by atoms with Crippen molar-refractivity contribution in [1.82, 2.24) is 14.9 Å². The minimum atomic E-state index is -0.568. The number of anilines is 1. The molecule has 0 unspecified atom stereocenters. The van der Waals surface area contributed by atoms with Crippen molar-refractivity contribution in [3.8, 4) is 11.6 Å². The molecule has 0 aliphatic rings. The number of furan rings is 1. The third-order valence-electron chi connectivity index (χ3n) is 4.62. The highest BCUT2D eigenvalue weighted by atomic mass is 32.2. The van der Waals surface area contributed by atoms with Crippen molar-refractivity contribution in [1.29, 1.82) is 0 Å². The number of carbonyl (C=O) groups is 1. The van der Waals surface area contributed by atoms with E-state index in [1.54, 1.807) is 18.4 Å². The molecule has 30 heavy (non-hydrogen) atoms. The number of rotatable bonds is 6. The number of nitrogens with two attached hydrogens (primary N) is 1. The molecule has 152 valence electrons. The second-order valence-electron chi connectivity index (χ2n) is 6.87. The molecule has 7 nitrogen and oxygen atoms in total. The Balaban J connectivity index is 1.64. The summed E-state index contributed by atoms with van der Waals surface area (Å²) in [5.41, 5.74) is 3.69. The summed E-state index contributed by atoms with van der Waals surface area (Å²) in [6.07, 6.45) is 1.54. The molecule has 4 aromatic rings. The number of aryl methyl sites for hydroxylation is 2. The van der Waals surface area contributed by atoms with Crippen molar-refractivity contribution in [2.45, 2.75) is 24.3 Å². The van der Waals surface area contributed by atoms with Gasteiger partial charge in [-0.1, -0.05) is 54.2 Å². The van der Waals surface area contributed by atoms with Gasteiger partial charge in [0, 0.05) is 5.69 Å². The molecule has 2 aromatic carbocycles. The lowest BCUT2D eigenvalue weighted by Gasteiger charge is -2.17. The van der Waals surface area contributed by atoms with Crippen LogP contribution in [0.5, 0.6) is 0 Å². The molecular weight excluding hydrogens is 398 g/mol. The lowest BCUT2D eigenvalue weighted by molar-refractivity contribution is -0.115. The summed E-state index contributed by atoms with van der Waals surface area (Å²) in [7, 11) is 0. The Kier molecular flexibility index (Phi) is 5.58. The summed E-state index contributed by atoms with van der Waals surface area (Å²) < 4.78 is 6.70. The van der Waals surface area contributed by atoms with E-state index in [0.29, 0.717) is 16.7 Å². The van der Waals surface area contributed by atoms with Crippen LogP contribution in [0.1, 0.15) is 21.9 Å². The van der Waals surface area contributed by atoms with Gasteiger partial charge in [0.15, 0.2) is 5.76 Å². The first-order valence-corrected chi connectivity index (χ1v) is 10.2. The van der Waals surface area contributed by atoms with E-state index in [4.69, 9.17) is 10.3 Å². The third-order valence-corrected chi connectivity index (χ3v) is 5.83. The number of nitrogens with zero attached hydrogens (tertiary/aromatic N) is 3. The predicted molar refractivity (Wildman–Crippen MR) is 117 cm³/mol. The van der Waals surface area contributed by atoms with Crippen LogP contribution in [0.25, 0.3) is 11.6 Å².